The van der Waals surface area contributed by atoms with Gasteiger partial charge < -0.3 is 9.80 Å². The van der Waals surface area contributed by atoms with Gasteiger partial charge in [-0.2, -0.15) is 0 Å². The first-order valence-corrected chi connectivity index (χ1v) is 12.2. The molecular weight excluding hydrogens is 412 g/mol. The van der Waals surface area contributed by atoms with Crippen LogP contribution in [-0.2, 0) is 16.1 Å². The monoisotopic (exact) mass is 446 g/mol. The SMILES string of the molecule is O=C(CN1CCCN(Cc2ccc(Cl)cc2)CC1)N1CCC(C(=O)N2CCCC2)CC1. The van der Waals surface area contributed by atoms with E-state index in [1.807, 2.05) is 21.9 Å². The van der Waals surface area contributed by atoms with Gasteiger partial charge in [0.15, 0.2) is 0 Å². The minimum absolute atomic E-state index is 0.113. The third kappa shape index (κ3) is 6.21. The Balaban J connectivity index is 1.19. The molecule has 3 aliphatic rings. The second-order valence-electron chi connectivity index (χ2n) is 9.22. The highest BCUT2D eigenvalue weighted by molar-refractivity contribution is 6.30. The van der Waals surface area contributed by atoms with Gasteiger partial charge in [0.1, 0.15) is 0 Å². The lowest BCUT2D eigenvalue weighted by atomic mass is 9.95. The van der Waals surface area contributed by atoms with Crippen LogP contribution in [0, 0.1) is 5.92 Å². The van der Waals surface area contributed by atoms with Gasteiger partial charge >= 0.3 is 0 Å². The molecule has 0 radical (unpaired) electrons. The zero-order valence-electron chi connectivity index (χ0n) is 18.5. The van der Waals surface area contributed by atoms with Crippen LogP contribution in [0.3, 0.4) is 0 Å². The smallest absolute Gasteiger partial charge is 0.236 e. The number of benzene rings is 1. The van der Waals surface area contributed by atoms with E-state index in [4.69, 9.17) is 11.6 Å². The molecule has 170 valence electrons. The Kier molecular flexibility index (Phi) is 7.86. The van der Waals surface area contributed by atoms with Gasteiger partial charge in [0.05, 0.1) is 6.54 Å². The summed E-state index contributed by atoms with van der Waals surface area (Å²) in [6, 6.07) is 8.07. The molecule has 3 fully saturated rings. The Morgan fingerprint density at radius 1 is 0.774 bits per heavy atom. The molecule has 31 heavy (non-hydrogen) atoms. The van der Waals surface area contributed by atoms with Crippen molar-refractivity contribution in [3.05, 3.63) is 34.9 Å². The number of rotatable bonds is 5. The normalized spacial score (nSPS) is 22.0. The molecule has 0 atom stereocenters. The molecule has 3 aliphatic heterocycles. The second kappa shape index (κ2) is 10.8. The summed E-state index contributed by atoms with van der Waals surface area (Å²) in [6.07, 6.45) is 4.98. The molecule has 1 aromatic rings. The number of hydrogen-bond acceptors (Lipinski definition) is 4. The molecule has 0 aliphatic carbocycles. The fourth-order valence-corrected chi connectivity index (χ4v) is 5.18. The topological polar surface area (TPSA) is 47.1 Å². The number of amides is 2. The number of halogens is 1. The third-order valence-electron chi connectivity index (χ3n) is 6.97. The Hall–Kier alpha value is -1.63. The standard InChI is InChI=1S/C24H35ClN4O2/c25-22-6-4-20(5-7-22)18-26-10-3-11-27(17-16-26)19-23(30)28-14-8-21(9-15-28)24(31)29-12-1-2-13-29/h4-7,21H,1-3,8-19H2. The molecule has 3 saturated heterocycles. The van der Waals surface area contributed by atoms with E-state index in [0.29, 0.717) is 12.5 Å². The predicted octanol–water partition coefficient (Wildman–Crippen LogP) is 2.71. The molecule has 0 saturated carbocycles. The number of likely N-dealkylation sites (tertiary alicyclic amines) is 2. The number of carbonyl (C=O) groups is 2. The van der Waals surface area contributed by atoms with Crippen LogP contribution >= 0.6 is 11.6 Å². The molecule has 6 nitrogen and oxygen atoms in total. The minimum atomic E-state index is 0.113. The highest BCUT2D eigenvalue weighted by Gasteiger charge is 2.31. The summed E-state index contributed by atoms with van der Waals surface area (Å²) in [7, 11) is 0. The van der Waals surface area contributed by atoms with Gasteiger partial charge in [-0.25, -0.2) is 0 Å². The average Bonchev–Trinajstić information content (AvgIpc) is 3.24. The zero-order chi connectivity index (χ0) is 21.6. The number of piperidine rings is 1. The van der Waals surface area contributed by atoms with Crippen molar-refractivity contribution >= 4 is 23.4 Å². The largest absolute Gasteiger partial charge is 0.342 e. The van der Waals surface area contributed by atoms with E-state index >= 15 is 0 Å². The van der Waals surface area contributed by atoms with Crippen LogP contribution in [0.2, 0.25) is 5.02 Å². The van der Waals surface area contributed by atoms with Crippen molar-refractivity contribution in [1.82, 2.24) is 19.6 Å². The van der Waals surface area contributed by atoms with Crippen molar-refractivity contribution in [2.24, 2.45) is 5.92 Å². The fraction of sp³-hybridized carbons (Fsp3) is 0.667. The van der Waals surface area contributed by atoms with Crippen molar-refractivity contribution < 1.29 is 9.59 Å². The first-order valence-electron chi connectivity index (χ1n) is 11.8. The summed E-state index contributed by atoms with van der Waals surface area (Å²) in [5.41, 5.74) is 1.28. The van der Waals surface area contributed by atoms with E-state index in [0.717, 1.165) is 96.0 Å². The van der Waals surface area contributed by atoms with Crippen molar-refractivity contribution in [1.29, 1.82) is 0 Å². The van der Waals surface area contributed by atoms with Gasteiger partial charge in [0, 0.05) is 56.8 Å². The van der Waals surface area contributed by atoms with E-state index in [9.17, 15) is 9.59 Å². The average molecular weight is 447 g/mol. The maximum absolute atomic E-state index is 12.9. The maximum Gasteiger partial charge on any atom is 0.236 e. The molecule has 0 unspecified atom stereocenters. The number of carbonyl (C=O) groups excluding carboxylic acids is 2. The molecule has 1 aromatic carbocycles. The van der Waals surface area contributed by atoms with E-state index < -0.39 is 0 Å². The quantitative estimate of drug-likeness (QED) is 0.697. The summed E-state index contributed by atoms with van der Waals surface area (Å²) in [4.78, 5) is 34.3. The Bertz CT molecular complexity index is 742. The van der Waals surface area contributed by atoms with Crippen LogP contribution in [0.5, 0.6) is 0 Å². The van der Waals surface area contributed by atoms with Crippen LogP contribution in [0.15, 0.2) is 24.3 Å². The molecule has 0 N–H and O–H groups in total. The van der Waals surface area contributed by atoms with Crippen LogP contribution in [0.25, 0.3) is 0 Å². The predicted molar refractivity (Wildman–Crippen MR) is 123 cm³/mol. The maximum atomic E-state index is 12.9. The first-order chi connectivity index (χ1) is 15.1. The van der Waals surface area contributed by atoms with E-state index in [-0.39, 0.29) is 11.8 Å². The summed E-state index contributed by atoms with van der Waals surface area (Å²) in [5.74, 6) is 0.651. The highest BCUT2D eigenvalue weighted by atomic mass is 35.5. The van der Waals surface area contributed by atoms with Crippen LogP contribution < -0.4 is 0 Å². The Morgan fingerprint density at radius 3 is 2.13 bits per heavy atom. The number of hydrogen-bond donors (Lipinski definition) is 0. The molecular formula is C24H35ClN4O2. The van der Waals surface area contributed by atoms with E-state index in [1.165, 1.54) is 5.56 Å². The lowest BCUT2D eigenvalue weighted by molar-refractivity contribution is -0.140. The fourth-order valence-electron chi connectivity index (χ4n) is 5.05. The molecule has 0 aromatic heterocycles. The van der Waals surface area contributed by atoms with Gasteiger partial charge in [0.2, 0.25) is 11.8 Å². The van der Waals surface area contributed by atoms with Crippen LogP contribution in [-0.4, -0.2) is 90.3 Å². The van der Waals surface area contributed by atoms with E-state index in [1.54, 1.807) is 0 Å². The first kappa shape index (κ1) is 22.6. The van der Waals surface area contributed by atoms with Gasteiger partial charge in [-0.1, -0.05) is 23.7 Å². The lowest BCUT2D eigenvalue weighted by Gasteiger charge is -2.34. The van der Waals surface area contributed by atoms with Crippen molar-refractivity contribution in [3.8, 4) is 0 Å². The van der Waals surface area contributed by atoms with Gasteiger partial charge in [-0.05, 0) is 62.9 Å². The molecule has 0 spiro atoms. The van der Waals surface area contributed by atoms with E-state index in [2.05, 4.69) is 21.9 Å². The van der Waals surface area contributed by atoms with Crippen LogP contribution in [0.1, 0.15) is 37.7 Å². The van der Waals surface area contributed by atoms with Crippen LogP contribution in [0.4, 0.5) is 0 Å². The second-order valence-corrected chi connectivity index (χ2v) is 9.66. The summed E-state index contributed by atoms with van der Waals surface area (Å²) < 4.78 is 0. The molecule has 2 amide bonds. The van der Waals surface area contributed by atoms with Crippen molar-refractivity contribution in [3.63, 3.8) is 0 Å². The zero-order valence-corrected chi connectivity index (χ0v) is 19.2. The molecule has 0 bridgehead atoms. The Labute approximate surface area is 191 Å². The molecule has 7 heteroatoms. The van der Waals surface area contributed by atoms with Crippen molar-refractivity contribution in [2.45, 2.75) is 38.6 Å². The molecule has 4 rings (SSSR count). The summed E-state index contributed by atoms with van der Waals surface area (Å²) in [6.45, 7) is 8.62. The Morgan fingerprint density at radius 2 is 1.42 bits per heavy atom. The minimum Gasteiger partial charge on any atom is -0.342 e. The van der Waals surface area contributed by atoms with Gasteiger partial charge in [0.25, 0.3) is 0 Å². The number of nitrogens with zero attached hydrogens (tertiary/aromatic N) is 4. The summed E-state index contributed by atoms with van der Waals surface area (Å²) in [5, 5.41) is 0.772. The third-order valence-corrected chi connectivity index (χ3v) is 7.23. The van der Waals surface area contributed by atoms with Gasteiger partial charge in [-0.3, -0.25) is 19.4 Å². The van der Waals surface area contributed by atoms with Crippen molar-refractivity contribution in [2.75, 3.05) is 58.9 Å². The highest BCUT2D eigenvalue weighted by Crippen LogP contribution is 2.22. The lowest BCUT2D eigenvalue weighted by Crippen LogP contribution is -2.47. The summed E-state index contributed by atoms with van der Waals surface area (Å²) >= 11 is 5.99. The van der Waals surface area contributed by atoms with Gasteiger partial charge in [-0.15, -0.1) is 0 Å². The molecule has 3 heterocycles.